The van der Waals surface area contributed by atoms with Gasteiger partial charge < -0.3 is 20.1 Å². The minimum absolute atomic E-state index is 0.357. The second kappa shape index (κ2) is 6.72. The molecule has 1 aromatic carbocycles. The van der Waals surface area contributed by atoms with E-state index in [0.29, 0.717) is 18.2 Å². The van der Waals surface area contributed by atoms with Crippen LogP contribution in [-0.2, 0) is 11.3 Å². The summed E-state index contributed by atoms with van der Waals surface area (Å²) in [6.45, 7) is 0.357. The van der Waals surface area contributed by atoms with Crippen molar-refractivity contribution >= 4 is 17.3 Å². The van der Waals surface area contributed by atoms with Crippen molar-refractivity contribution in [3.05, 3.63) is 36.2 Å². The maximum Gasteiger partial charge on any atom is 0.158 e. The first-order valence-corrected chi connectivity index (χ1v) is 6.21. The maximum atomic E-state index is 5.31. The quantitative estimate of drug-likeness (QED) is 0.843. The van der Waals surface area contributed by atoms with Gasteiger partial charge in [0.1, 0.15) is 24.0 Å². The zero-order chi connectivity index (χ0) is 14.4. The number of nitrogens with one attached hydrogen (secondary N) is 2. The molecule has 0 bridgehead atoms. The molecular weight excluding hydrogens is 256 g/mol. The Morgan fingerprint density at radius 3 is 2.55 bits per heavy atom. The Hall–Kier alpha value is -2.34. The van der Waals surface area contributed by atoms with Crippen LogP contribution < -0.4 is 15.4 Å². The fourth-order valence-electron chi connectivity index (χ4n) is 1.77. The van der Waals surface area contributed by atoms with Crippen LogP contribution in [0.1, 0.15) is 5.82 Å². The van der Waals surface area contributed by atoms with Gasteiger partial charge in [0.15, 0.2) is 5.82 Å². The maximum absolute atomic E-state index is 5.31. The number of hydrogen-bond donors (Lipinski definition) is 2. The third kappa shape index (κ3) is 3.36. The standard InChI is InChI=1S/C14H18N4O2/c1-15-12-8-13(18-14(17-12)9-19-2)16-10-6-4-5-7-11(10)20-3/h4-8H,9H2,1-3H3,(H2,15,16,17,18). The van der Waals surface area contributed by atoms with Crippen LogP contribution in [0.25, 0.3) is 0 Å². The predicted octanol–water partition coefficient (Wildman–Crippen LogP) is 2.42. The highest BCUT2D eigenvalue weighted by molar-refractivity contribution is 5.65. The first-order chi connectivity index (χ1) is 9.76. The van der Waals surface area contributed by atoms with E-state index in [0.717, 1.165) is 17.3 Å². The van der Waals surface area contributed by atoms with Crippen molar-refractivity contribution in [3.63, 3.8) is 0 Å². The predicted molar refractivity (Wildman–Crippen MR) is 78.6 cm³/mol. The van der Waals surface area contributed by atoms with Crippen LogP contribution in [0.4, 0.5) is 17.3 Å². The number of benzene rings is 1. The number of ether oxygens (including phenoxy) is 2. The molecule has 0 saturated carbocycles. The number of anilines is 3. The molecule has 0 saturated heterocycles. The molecule has 6 heteroatoms. The monoisotopic (exact) mass is 274 g/mol. The fraction of sp³-hybridized carbons (Fsp3) is 0.286. The van der Waals surface area contributed by atoms with Gasteiger partial charge in [0.05, 0.1) is 12.8 Å². The molecule has 1 aromatic heterocycles. The second-order valence-electron chi connectivity index (χ2n) is 4.06. The van der Waals surface area contributed by atoms with Crippen molar-refractivity contribution < 1.29 is 9.47 Å². The summed E-state index contributed by atoms with van der Waals surface area (Å²) in [6, 6.07) is 9.49. The minimum Gasteiger partial charge on any atom is -0.495 e. The Balaban J connectivity index is 2.30. The summed E-state index contributed by atoms with van der Waals surface area (Å²) in [5.74, 6) is 2.77. The Kier molecular flexibility index (Phi) is 4.73. The van der Waals surface area contributed by atoms with Gasteiger partial charge in [-0.3, -0.25) is 0 Å². The normalized spacial score (nSPS) is 10.2. The lowest BCUT2D eigenvalue weighted by molar-refractivity contribution is 0.178. The zero-order valence-electron chi connectivity index (χ0n) is 11.8. The highest BCUT2D eigenvalue weighted by atomic mass is 16.5. The minimum atomic E-state index is 0.357. The Morgan fingerprint density at radius 1 is 1.10 bits per heavy atom. The fourth-order valence-corrected chi connectivity index (χ4v) is 1.77. The second-order valence-corrected chi connectivity index (χ2v) is 4.06. The lowest BCUT2D eigenvalue weighted by Crippen LogP contribution is -2.05. The highest BCUT2D eigenvalue weighted by Crippen LogP contribution is 2.26. The van der Waals surface area contributed by atoms with E-state index >= 15 is 0 Å². The number of rotatable bonds is 6. The molecule has 0 amide bonds. The first kappa shape index (κ1) is 14.1. The molecule has 2 rings (SSSR count). The van der Waals surface area contributed by atoms with E-state index in [-0.39, 0.29) is 0 Å². The molecule has 2 aromatic rings. The van der Waals surface area contributed by atoms with Crippen LogP contribution >= 0.6 is 0 Å². The summed E-state index contributed by atoms with van der Waals surface area (Å²) in [6.07, 6.45) is 0. The van der Waals surface area contributed by atoms with Crippen molar-refractivity contribution in [2.24, 2.45) is 0 Å². The molecule has 0 aliphatic rings. The van der Waals surface area contributed by atoms with Crippen molar-refractivity contribution in [2.45, 2.75) is 6.61 Å². The van der Waals surface area contributed by atoms with Gasteiger partial charge in [-0.2, -0.15) is 0 Å². The van der Waals surface area contributed by atoms with Crippen molar-refractivity contribution in [1.29, 1.82) is 0 Å². The molecule has 0 aliphatic heterocycles. The van der Waals surface area contributed by atoms with Crippen LogP contribution in [-0.4, -0.2) is 31.2 Å². The van der Waals surface area contributed by atoms with Crippen LogP contribution in [0, 0.1) is 0 Å². The molecule has 0 spiro atoms. The van der Waals surface area contributed by atoms with Crippen LogP contribution in [0.15, 0.2) is 30.3 Å². The molecule has 20 heavy (non-hydrogen) atoms. The topological polar surface area (TPSA) is 68.3 Å². The Morgan fingerprint density at radius 2 is 1.85 bits per heavy atom. The third-order valence-corrected chi connectivity index (χ3v) is 2.67. The van der Waals surface area contributed by atoms with E-state index in [4.69, 9.17) is 9.47 Å². The third-order valence-electron chi connectivity index (χ3n) is 2.67. The van der Waals surface area contributed by atoms with E-state index in [1.165, 1.54) is 0 Å². The SMILES string of the molecule is CNc1cc(Nc2ccccc2OC)nc(COC)n1. The average molecular weight is 274 g/mol. The lowest BCUT2D eigenvalue weighted by atomic mass is 10.3. The largest absolute Gasteiger partial charge is 0.495 e. The summed E-state index contributed by atoms with van der Waals surface area (Å²) in [5.41, 5.74) is 0.846. The number of aromatic nitrogens is 2. The van der Waals surface area contributed by atoms with E-state index < -0.39 is 0 Å². The molecular formula is C14H18N4O2. The van der Waals surface area contributed by atoms with E-state index in [1.54, 1.807) is 14.2 Å². The summed E-state index contributed by atoms with van der Waals surface area (Å²) >= 11 is 0. The first-order valence-electron chi connectivity index (χ1n) is 6.21. The van der Waals surface area contributed by atoms with Gasteiger partial charge in [0.25, 0.3) is 0 Å². The lowest BCUT2D eigenvalue weighted by Gasteiger charge is -2.12. The number of hydrogen-bond acceptors (Lipinski definition) is 6. The van der Waals surface area contributed by atoms with Crippen molar-refractivity contribution in [3.8, 4) is 5.75 Å². The van der Waals surface area contributed by atoms with Crippen LogP contribution in [0.3, 0.4) is 0 Å². The molecule has 106 valence electrons. The molecule has 0 unspecified atom stereocenters. The van der Waals surface area contributed by atoms with Crippen LogP contribution in [0.2, 0.25) is 0 Å². The van der Waals surface area contributed by atoms with E-state index in [2.05, 4.69) is 20.6 Å². The van der Waals surface area contributed by atoms with E-state index in [9.17, 15) is 0 Å². The summed E-state index contributed by atoms with van der Waals surface area (Å²) in [4.78, 5) is 8.71. The number of para-hydroxylation sites is 2. The molecule has 6 nitrogen and oxygen atoms in total. The molecule has 0 aliphatic carbocycles. The van der Waals surface area contributed by atoms with Crippen LogP contribution in [0.5, 0.6) is 5.75 Å². The number of nitrogens with zero attached hydrogens (tertiary/aromatic N) is 2. The van der Waals surface area contributed by atoms with Gasteiger partial charge in [-0.25, -0.2) is 9.97 Å². The zero-order valence-corrected chi connectivity index (χ0v) is 11.8. The summed E-state index contributed by atoms with van der Waals surface area (Å²) in [7, 11) is 5.06. The van der Waals surface area contributed by atoms with Gasteiger partial charge >= 0.3 is 0 Å². The number of methoxy groups -OCH3 is 2. The smallest absolute Gasteiger partial charge is 0.158 e. The van der Waals surface area contributed by atoms with Gasteiger partial charge in [0, 0.05) is 20.2 Å². The Labute approximate surface area is 118 Å². The molecule has 0 fully saturated rings. The van der Waals surface area contributed by atoms with Crippen molar-refractivity contribution in [2.75, 3.05) is 31.9 Å². The van der Waals surface area contributed by atoms with E-state index in [1.807, 2.05) is 37.4 Å². The summed E-state index contributed by atoms with van der Waals surface area (Å²) in [5, 5.41) is 6.23. The van der Waals surface area contributed by atoms with Gasteiger partial charge in [-0.15, -0.1) is 0 Å². The average Bonchev–Trinajstić information content (AvgIpc) is 2.48. The van der Waals surface area contributed by atoms with Gasteiger partial charge in [-0.1, -0.05) is 12.1 Å². The Bertz CT molecular complexity index is 575. The van der Waals surface area contributed by atoms with Gasteiger partial charge in [0.2, 0.25) is 0 Å². The van der Waals surface area contributed by atoms with Crippen molar-refractivity contribution in [1.82, 2.24) is 9.97 Å². The summed E-state index contributed by atoms with van der Waals surface area (Å²) < 4.78 is 10.4. The van der Waals surface area contributed by atoms with Gasteiger partial charge in [-0.05, 0) is 12.1 Å². The molecule has 1 heterocycles. The highest BCUT2D eigenvalue weighted by Gasteiger charge is 2.07. The molecule has 2 N–H and O–H groups in total. The molecule has 0 radical (unpaired) electrons. The molecule has 0 atom stereocenters.